The van der Waals surface area contributed by atoms with E-state index in [1.54, 1.807) is 12.1 Å². The molecule has 2 aromatic carbocycles. The number of phenols is 1. The fourth-order valence-electron chi connectivity index (χ4n) is 3.49. The average molecular weight is 469 g/mol. The number of nitrogens with one attached hydrogen (secondary N) is 2. The zero-order chi connectivity index (χ0) is 25.9. The third kappa shape index (κ3) is 7.79. The molecule has 0 aliphatic carbocycles. The van der Waals surface area contributed by atoms with Crippen molar-refractivity contribution in [3.05, 3.63) is 58.7 Å². The first-order valence-electron chi connectivity index (χ1n) is 11.7. The van der Waals surface area contributed by atoms with Gasteiger partial charge in [0.2, 0.25) is 0 Å². The van der Waals surface area contributed by atoms with Crippen LogP contribution in [0.5, 0.6) is 5.75 Å². The zero-order valence-electron chi connectivity index (χ0n) is 22.1. The van der Waals surface area contributed by atoms with E-state index in [-0.39, 0.29) is 22.5 Å². The van der Waals surface area contributed by atoms with Gasteiger partial charge in [0.05, 0.1) is 0 Å². The third-order valence-corrected chi connectivity index (χ3v) is 5.28. The Bertz CT molecular complexity index is 985. The van der Waals surface area contributed by atoms with Crippen LogP contribution in [0.15, 0.2) is 36.4 Å². The monoisotopic (exact) mass is 468 g/mol. The molecule has 0 bridgehead atoms. The van der Waals surface area contributed by atoms with Crippen molar-refractivity contribution in [2.24, 2.45) is 0 Å². The highest BCUT2D eigenvalue weighted by atomic mass is 16.6. The van der Waals surface area contributed by atoms with E-state index >= 15 is 0 Å². The normalized spacial score (nSPS) is 12.3. The van der Waals surface area contributed by atoms with Gasteiger partial charge in [0.1, 0.15) is 11.4 Å². The summed E-state index contributed by atoms with van der Waals surface area (Å²) in [6.45, 7) is 18.1. The number of amides is 2. The maximum absolute atomic E-state index is 13.1. The Labute approximate surface area is 204 Å². The van der Waals surface area contributed by atoms with Gasteiger partial charge in [0.15, 0.2) is 0 Å². The summed E-state index contributed by atoms with van der Waals surface area (Å²) in [5.41, 5.74) is 2.57. The summed E-state index contributed by atoms with van der Waals surface area (Å²) in [7, 11) is 0. The average Bonchev–Trinajstić information content (AvgIpc) is 2.66. The van der Waals surface area contributed by atoms with Gasteiger partial charge in [-0.2, -0.15) is 0 Å². The van der Waals surface area contributed by atoms with Gasteiger partial charge in [-0.25, -0.2) is 4.79 Å². The summed E-state index contributed by atoms with van der Waals surface area (Å²) in [5.74, 6) is 0.0243. The quantitative estimate of drug-likeness (QED) is 0.480. The van der Waals surface area contributed by atoms with Crippen molar-refractivity contribution < 1.29 is 19.4 Å². The Morgan fingerprint density at radius 1 is 0.853 bits per heavy atom. The lowest BCUT2D eigenvalue weighted by molar-refractivity contribution is 0.0528. The number of ether oxygens (including phenoxy) is 1. The van der Waals surface area contributed by atoms with Gasteiger partial charge < -0.3 is 20.5 Å². The van der Waals surface area contributed by atoms with E-state index in [0.29, 0.717) is 24.2 Å². The highest BCUT2D eigenvalue weighted by Gasteiger charge is 2.27. The number of aromatic hydroxyl groups is 1. The van der Waals surface area contributed by atoms with Crippen LogP contribution in [0.3, 0.4) is 0 Å². The van der Waals surface area contributed by atoms with E-state index < -0.39 is 11.7 Å². The molecule has 34 heavy (non-hydrogen) atoms. The molecule has 186 valence electrons. The van der Waals surface area contributed by atoms with Gasteiger partial charge >= 0.3 is 6.09 Å². The SMILES string of the molecule is CC(C)(C)OC(=O)NCCc1ccc(NC(=O)c2cc(C(C)(C)C)c(O)c(C(C)(C)C)c2)cc1. The standard InChI is InChI=1S/C28H40N2O4/c1-26(2,3)21-16-19(17-22(23(21)31)27(4,5)6)24(32)30-20-12-10-18(11-13-20)14-15-29-25(33)34-28(7,8)9/h10-13,16-17,31H,14-15H2,1-9H3,(H,29,33)(H,30,32). The van der Waals surface area contributed by atoms with Gasteiger partial charge in [-0.15, -0.1) is 0 Å². The molecule has 0 saturated heterocycles. The number of rotatable bonds is 5. The summed E-state index contributed by atoms with van der Waals surface area (Å²) in [5, 5.41) is 16.6. The van der Waals surface area contributed by atoms with Gasteiger partial charge in [-0.3, -0.25) is 4.79 Å². The van der Waals surface area contributed by atoms with Crippen molar-refractivity contribution in [3.8, 4) is 5.75 Å². The molecule has 2 aromatic rings. The first-order valence-corrected chi connectivity index (χ1v) is 11.7. The Hall–Kier alpha value is -3.02. The fraction of sp³-hybridized carbons (Fsp3) is 0.500. The molecule has 0 aliphatic heterocycles. The van der Waals surface area contributed by atoms with E-state index in [1.165, 1.54) is 0 Å². The molecule has 2 rings (SSSR count). The second-order valence-electron chi connectivity index (χ2n) is 11.7. The second kappa shape index (κ2) is 10.1. The van der Waals surface area contributed by atoms with Crippen LogP contribution in [0.4, 0.5) is 10.5 Å². The number of carbonyl (C=O) groups excluding carboxylic acids is 2. The van der Waals surface area contributed by atoms with E-state index in [4.69, 9.17) is 4.74 Å². The van der Waals surface area contributed by atoms with Crippen molar-refractivity contribution in [2.75, 3.05) is 11.9 Å². The number of anilines is 1. The lowest BCUT2D eigenvalue weighted by atomic mass is 9.78. The molecule has 6 heteroatoms. The molecule has 0 saturated carbocycles. The van der Waals surface area contributed by atoms with Crippen LogP contribution in [-0.4, -0.2) is 29.3 Å². The smallest absolute Gasteiger partial charge is 0.407 e. The predicted octanol–water partition coefficient (Wildman–Crippen LogP) is 6.31. The van der Waals surface area contributed by atoms with Gasteiger partial charge in [-0.05, 0) is 67.9 Å². The predicted molar refractivity (Wildman–Crippen MR) is 138 cm³/mol. The minimum Gasteiger partial charge on any atom is -0.507 e. The van der Waals surface area contributed by atoms with Crippen molar-refractivity contribution >= 4 is 17.7 Å². The maximum atomic E-state index is 13.1. The Morgan fingerprint density at radius 3 is 1.79 bits per heavy atom. The van der Waals surface area contributed by atoms with Gasteiger partial charge in [0.25, 0.3) is 5.91 Å². The largest absolute Gasteiger partial charge is 0.507 e. The van der Waals surface area contributed by atoms with Crippen LogP contribution in [-0.2, 0) is 22.0 Å². The van der Waals surface area contributed by atoms with E-state index in [2.05, 4.69) is 10.6 Å². The molecule has 3 N–H and O–H groups in total. The summed E-state index contributed by atoms with van der Waals surface area (Å²) in [4.78, 5) is 24.8. The van der Waals surface area contributed by atoms with Crippen LogP contribution >= 0.6 is 0 Å². The molecule has 0 spiro atoms. The molecule has 6 nitrogen and oxygen atoms in total. The first kappa shape index (κ1) is 27.2. The zero-order valence-corrected chi connectivity index (χ0v) is 22.1. The highest BCUT2D eigenvalue weighted by molar-refractivity contribution is 6.04. The van der Waals surface area contributed by atoms with Crippen molar-refractivity contribution in [2.45, 2.75) is 85.2 Å². The Kier molecular flexibility index (Phi) is 8.07. The Balaban J connectivity index is 2.11. The van der Waals surface area contributed by atoms with Crippen LogP contribution in [0, 0.1) is 0 Å². The number of alkyl carbamates (subject to hydrolysis) is 1. The third-order valence-electron chi connectivity index (χ3n) is 5.28. The van der Waals surface area contributed by atoms with E-state index in [9.17, 15) is 14.7 Å². The number of hydrogen-bond donors (Lipinski definition) is 3. The molecule has 0 aliphatic rings. The molecular weight excluding hydrogens is 428 g/mol. The number of phenolic OH excluding ortho intramolecular Hbond substituents is 1. The topological polar surface area (TPSA) is 87.7 Å². The van der Waals surface area contributed by atoms with Gasteiger partial charge in [0, 0.05) is 28.9 Å². The van der Waals surface area contributed by atoms with Gasteiger partial charge in [-0.1, -0.05) is 53.7 Å². The second-order valence-corrected chi connectivity index (χ2v) is 11.7. The number of benzene rings is 2. The molecule has 0 unspecified atom stereocenters. The summed E-state index contributed by atoms with van der Waals surface area (Å²) >= 11 is 0. The summed E-state index contributed by atoms with van der Waals surface area (Å²) < 4.78 is 5.23. The highest BCUT2D eigenvalue weighted by Crippen LogP contribution is 2.39. The fourth-order valence-corrected chi connectivity index (χ4v) is 3.49. The molecule has 0 atom stereocenters. The summed E-state index contributed by atoms with van der Waals surface area (Å²) in [6.07, 6.45) is 0.213. The van der Waals surface area contributed by atoms with Crippen molar-refractivity contribution in [3.63, 3.8) is 0 Å². The minimum atomic E-state index is -0.525. The molecule has 0 heterocycles. The number of hydrogen-bond acceptors (Lipinski definition) is 4. The first-order chi connectivity index (χ1) is 15.5. The van der Waals surface area contributed by atoms with Crippen LogP contribution < -0.4 is 10.6 Å². The van der Waals surface area contributed by atoms with Crippen LogP contribution in [0.1, 0.15) is 89.4 Å². The number of carbonyl (C=O) groups is 2. The van der Waals surface area contributed by atoms with Crippen LogP contribution in [0.25, 0.3) is 0 Å². The lowest BCUT2D eigenvalue weighted by Crippen LogP contribution is -2.33. The minimum absolute atomic E-state index is 0.227. The van der Waals surface area contributed by atoms with E-state index in [1.807, 2.05) is 86.6 Å². The molecule has 0 radical (unpaired) electrons. The summed E-state index contributed by atoms with van der Waals surface area (Å²) in [6, 6.07) is 11.1. The molecule has 0 fully saturated rings. The molecule has 0 aromatic heterocycles. The van der Waals surface area contributed by atoms with Crippen molar-refractivity contribution in [1.82, 2.24) is 5.32 Å². The maximum Gasteiger partial charge on any atom is 0.407 e. The molecule has 2 amide bonds. The van der Waals surface area contributed by atoms with Crippen LogP contribution in [0.2, 0.25) is 0 Å². The lowest BCUT2D eigenvalue weighted by Gasteiger charge is -2.28. The molecular formula is C28H40N2O4. The van der Waals surface area contributed by atoms with E-state index in [0.717, 1.165) is 16.7 Å². The van der Waals surface area contributed by atoms with Crippen molar-refractivity contribution in [1.29, 1.82) is 0 Å². The Morgan fingerprint density at radius 2 is 1.35 bits per heavy atom.